The van der Waals surface area contributed by atoms with Crippen LogP contribution in [0.25, 0.3) is 62.6 Å². The Labute approximate surface area is 407 Å². The van der Waals surface area contributed by atoms with Crippen LogP contribution < -0.4 is 26.2 Å². The zero-order valence-electron chi connectivity index (χ0n) is 39.6. The number of hydrogen-bond acceptors (Lipinski definition) is 4. The van der Waals surface area contributed by atoms with E-state index in [-0.39, 0.29) is 17.5 Å². The van der Waals surface area contributed by atoms with Crippen LogP contribution in [-0.4, -0.2) is 6.71 Å². The van der Waals surface area contributed by atoms with Crippen molar-refractivity contribution >= 4 is 120 Å². The number of rotatable bonds is 4. The average Bonchev–Trinajstić information content (AvgIpc) is 3.90. The van der Waals surface area contributed by atoms with E-state index in [1.165, 1.54) is 130 Å². The van der Waals surface area contributed by atoms with Gasteiger partial charge >= 0.3 is 0 Å². The van der Waals surface area contributed by atoms with E-state index in [0.29, 0.717) is 0 Å². The average molecular weight is 911 g/mol. The predicted molar refractivity (Wildman–Crippen MR) is 299 cm³/mol. The van der Waals surface area contributed by atoms with Crippen molar-refractivity contribution in [2.45, 2.75) is 59.3 Å². The van der Waals surface area contributed by atoms with E-state index in [1.54, 1.807) is 0 Å². The summed E-state index contributed by atoms with van der Waals surface area (Å²) in [6, 6.07) is 69.6. The molecule has 11 aromatic rings. The maximum Gasteiger partial charge on any atom is 0.252 e. The molecule has 0 atom stereocenters. The molecule has 0 N–H and O–H groups in total. The molecule has 2 aliphatic heterocycles. The van der Waals surface area contributed by atoms with Crippen molar-refractivity contribution in [1.29, 1.82) is 0 Å². The van der Waals surface area contributed by atoms with E-state index in [2.05, 4.69) is 240 Å². The van der Waals surface area contributed by atoms with Gasteiger partial charge in [0.1, 0.15) is 0 Å². The predicted octanol–water partition coefficient (Wildman–Crippen LogP) is 16.7. The summed E-state index contributed by atoms with van der Waals surface area (Å²) < 4.78 is 5.23. The molecular weight excluding hydrogens is 860 g/mol. The Balaban J connectivity index is 1.18. The number of thiophene rings is 2. The highest BCUT2D eigenvalue weighted by atomic mass is 32.1. The minimum absolute atomic E-state index is 0.0144. The van der Waals surface area contributed by atoms with Gasteiger partial charge in [0, 0.05) is 74.2 Å². The van der Waals surface area contributed by atoms with Crippen LogP contribution in [0.5, 0.6) is 0 Å². The molecule has 0 amide bonds. The molecule has 9 aromatic carbocycles. The van der Waals surface area contributed by atoms with E-state index in [9.17, 15) is 0 Å². The maximum atomic E-state index is 2.64. The lowest BCUT2D eigenvalue weighted by Gasteiger charge is -2.45. The lowest BCUT2D eigenvalue weighted by atomic mass is 9.33. The molecule has 68 heavy (non-hydrogen) atoms. The van der Waals surface area contributed by atoms with Gasteiger partial charge in [0.15, 0.2) is 0 Å². The minimum atomic E-state index is -0.0555. The molecule has 0 fully saturated rings. The van der Waals surface area contributed by atoms with Crippen LogP contribution in [0.3, 0.4) is 0 Å². The summed E-state index contributed by atoms with van der Waals surface area (Å²) in [6.07, 6.45) is 0. The van der Waals surface area contributed by atoms with Gasteiger partial charge < -0.3 is 9.80 Å². The Kier molecular flexibility index (Phi) is 9.13. The largest absolute Gasteiger partial charge is 0.311 e. The molecule has 2 aromatic heterocycles. The van der Waals surface area contributed by atoms with Crippen molar-refractivity contribution in [3.05, 3.63) is 199 Å². The molecule has 0 radical (unpaired) electrons. The number of hydrogen-bond donors (Lipinski definition) is 0. The molecule has 13 rings (SSSR count). The van der Waals surface area contributed by atoms with Gasteiger partial charge in [-0.2, -0.15) is 0 Å². The topological polar surface area (TPSA) is 6.48 Å². The van der Waals surface area contributed by atoms with Crippen LogP contribution in [-0.2, 0) is 10.8 Å². The third-order valence-electron chi connectivity index (χ3n) is 14.6. The van der Waals surface area contributed by atoms with Gasteiger partial charge in [0.2, 0.25) is 0 Å². The van der Waals surface area contributed by atoms with Crippen LogP contribution in [0.15, 0.2) is 182 Å². The van der Waals surface area contributed by atoms with Crippen LogP contribution in [0, 0.1) is 6.92 Å². The highest BCUT2D eigenvalue weighted by Gasteiger charge is 2.45. The number of aryl methyl sites for hydroxylation is 1. The molecular formula is C63H51BN2S2. The van der Waals surface area contributed by atoms with Crippen LogP contribution in [0.2, 0.25) is 0 Å². The highest BCUT2D eigenvalue weighted by molar-refractivity contribution is 7.26. The van der Waals surface area contributed by atoms with Gasteiger partial charge in [0.25, 0.3) is 6.71 Å². The SMILES string of the molecule is Cc1cc2c3c(c1)N(c1cc4c(cc1-c1ccccc1)sc1ccccc14)c1ccc(C(C)(C)C)cc1B3c1cc(C(C)(C)C)ccc1N2c1cc2c(cc1-c1ccccc1)sc1ccccc12. The van der Waals surface area contributed by atoms with E-state index in [0.717, 1.165) is 0 Å². The van der Waals surface area contributed by atoms with Gasteiger partial charge in [-0.15, -0.1) is 22.7 Å². The fourth-order valence-corrected chi connectivity index (χ4v) is 13.4. The fraction of sp³-hybridized carbons (Fsp3) is 0.143. The molecule has 2 nitrogen and oxygen atoms in total. The van der Waals surface area contributed by atoms with Gasteiger partial charge in [-0.25, -0.2) is 0 Å². The Morgan fingerprint density at radius 1 is 0.368 bits per heavy atom. The number of anilines is 6. The quantitative estimate of drug-likeness (QED) is 0.162. The molecule has 0 saturated heterocycles. The molecule has 0 saturated carbocycles. The van der Waals surface area contributed by atoms with Crippen molar-refractivity contribution in [2.24, 2.45) is 0 Å². The van der Waals surface area contributed by atoms with Gasteiger partial charge in [-0.3, -0.25) is 0 Å². The van der Waals surface area contributed by atoms with Gasteiger partial charge in [-0.1, -0.05) is 163 Å². The summed E-state index contributed by atoms with van der Waals surface area (Å²) in [5.74, 6) is 0. The highest BCUT2D eigenvalue weighted by Crippen LogP contribution is 2.52. The van der Waals surface area contributed by atoms with Gasteiger partial charge in [-0.05, 0) is 123 Å². The van der Waals surface area contributed by atoms with E-state index in [4.69, 9.17) is 0 Å². The standard InChI is InChI=1S/C63H51BN2S2/c1-38-30-55-61-56(31-38)66(54-35-48-44-23-15-17-25-58(44)68-60(48)37-46(54)40-20-12-9-13-21-40)52-29-27-42(63(5,6)7)33-50(52)64(61)49-32-41(62(2,3)4)26-28-51(49)65(55)53-34-47-43-22-14-16-24-57(43)67-59(47)36-45(53)39-18-10-8-11-19-39/h8-37H,1-7H3. The third kappa shape index (κ3) is 6.36. The summed E-state index contributed by atoms with van der Waals surface area (Å²) in [4.78, 5) is 5.28. The number of fused-ring (bicyclic) bond motifs is 10. The minimum Gasteiger partial charge on any atom is -0.311 e. The van der Waals surface area contributed by atoms with Crippen molar-refractivity contribution in [3.8, 4) is 22.3 Å². The van der Waals surface area contributed by atoms with E-state index in [1.807, 2.05) is 22.7 Å². The summed E-state index contributed by atoms with van der Waals surface area (Å²) in [5, 5.41) is 5.19. The Hall–Kier alpha value is -6.92. The third-order valence-corrected chi connectivity index (χ3v) is 16.9. The summed E-state index contributed by atoms with van der Waals surface area (Å²) >= 11 is 3.78. The Bertz CT molecular complexity index is 3600. The first-order valence-corrected chi connectivity index (χ1v) is 25.6. The summed E-state index contributed by atoms with van der Waals surface area (Å²) in [7, 11) is 0. The number of nitrogens with zero attached hydrogens (tertiary/aromatic N) is 2. The summed E-state index contributed by atoms with van der Waals surface area (Å²) in [5.41, 5.74) is 20.0. The first kappa shape index (κ1) is 41.3. The molecule has 4 heterocycles. The Morgan fingerprint density at radius 2 is 0.779 bits per heavy atom. The van der Waals surface area contributed by atoms with E-state index >= 15 is 0 Å². The first-order valence-electron chi connectivity index (χ1n) is 23.9. The van der Waals surface area contributed by atoms with E-state index < -0.39 is 0 Å². The van der Waals surface area contributed by atoms with Crippen molar-refractivity contribution in [3.63, 3.8) is 0 Å². The van der Waals surface area contributed by atoms with Gasteiger partial charge in [0.05, 0.1) is 11.4 Å². The maximum absolute atomic E-state index is 2.64. The van der Waals surface area contributed by atoms with Crippen LogP contribution in [0.4, 0.5) is 34.1 Å². The second-order valence-corrected chi connectivity index (χ2v) is 23.2. The van der Waals surface area contributed by atoms with Crippen molar-refractivity contribution in [2.75, 3.05) is 9.80 Å². The smallest absolute Gasteiger partial charge is 0.252 e. The molecule has 0 bridgehead atoms. The molecule has 328 valence electrons. The second kappa shape index (κ2) is 15.0. The molecule has 5 heteroatoms. The first-order chi connectivity index (χ1) is 32.9. The van der Waals surface area contributed by atoms with Crippen molar-refractivity contribution < 1.29 is 0 Å². The molecule has 2 aliphatic rings. The molecule has 0 spiro atoms. The lowest BCUT2D eigenvalue weighted by Crippen LogP contribution is -2.61. The van der Waals surface area contributed by atoms with Crippen LogP contribution in [0.1, 0.15) is 58.2 Å². The molecule has 0 aliphatic carbocycles. The number of benzene rings is 9. The monoisotopic (exact) mass is 910 g/mol. The zero-order chi connectivity index (χ0) is 46.2. The Morgan fingerprint density at radius 3 is 1.21 bits per heavy atom. The molecule has 0 unspecified atom stereocenters. The normalized spacial score (nSPS) is 13.4. The fourth-order valence-electron chi connectivity index (χ4n) is 11.2. The van der Waals surface area contributed by atoms with Crippen molar-refractivity contribution in [1.82, 2.24) is 0 Å². The zero-order valence-corrected chi connectivity index (χ0v) is 41.2. The second-order valence-electron chi connectivity index (χ2n) is 21.0. The van der Waals surface area contributed by atoms with Crippen LogP contribution >= 0.6 is 22.7 Å². The lowest BCUT2D eigenvalue weighted by molar-refractivity contribution is 0.590. The summed E-state index contributed by atoms with van der Waals surface area (Å²) in [6.45, 7) is 16.4.